The highest BCUT2D eigenvalue weighted by molar-refractivity contribution is 7.15. The van der Waals surface area contributed by atoms with Crippen LogP contribution in [-0.4, -0.2) is 38.2 Å². The number of allylic oxidation sites excluding steroid dienone is 4. The first kappa shape index (κ1) is 27.6. The number of aromatic nitrogens is 4. The molecule has 9 heteroatoms. The Morgan fingerprint density at radius 1 is 1.11 bits per heavy atom. The number of aromatic amines is 1. The van der Waals surface area contributed by atoms with E-state index in [1.54, 1.807) is 4.57 Å². The van der Waals surface area contributed by atoms with Crippen LogP contribution in [-0.2, 0) is 17.8 Å². The number of carbonyl (C=O) groups is 1. The van der Waals surface area contributed by atoms with Gasteiger partial charge < -0.3 is 14.3 Å². The molecular formula is C29H37N5O3S. The SMILES string of the molecule is C/C=C(\C=C(CC)CC)c1ccc(C(=O)Nc2nc3cc4[nH]c(=O)n(CC)c4cc3n2CCCOCC)s1. The van der Waals surface area contributed by atoms with Gasteiger partial charge in [0, 0.05) is 31.2 Å². The number of amides is 1. The topological polar surface area (TPSA) is 93.9 Å². The molecule has 3 aromatic heterocycles. The van der Waals surface area contributed by atoms with Crippen molar-refractivity contribution in [1.29, 1.82) is 0 Å². The number of ether oxygens (including phenoxy) is 1. The average molecular weight is 536 g/mol. The molecule has 0 aliphatic heterocycles. The Morgan fingerprint density at radius 3 is 2.55 bits per heavy atom. The molecule has 0 saturated carbocycles. The van der Waals surface area contributed by atoms with Crippen molar-refractivity contribution in [3.05, 3.63) is 62.2 Å². The van der Waals surface area contributed by atoms with Crippen LogP contribution >= 0.6 is 11.3 Å². The van der Waals surface area contributed by atoms with E-state index >= 15 is 0 Å². The number of aryl methyl sites for hydroxylation is 2. The van der Waals surface area contributed by atoms with Crippen LogP contribution in [0.5, 0.6) is 0 Å². The third-order valence-corrected chi connectivity index (χ3v) is 7.89. The van der Waals surface area contributed by atoms with Gasteiger partial charge in [-0.15, -0.1) is 11.3 Å². The molecule has 38 heavy (non-hydrogen) atoms. The summed E-state index contributed by atoms with van der Waals surface area (Å²) in [6.45, 7) is 12.7. The Hall–Kier alpha value is -3.43. The van der Waals surface area contributed by atoms with Crippen LogP contribution in [0.1, 0.15) is 68.4 Å². The number of H-pyrrole nitrogens is 1. The van der Waals surface area contributed by atoms with Crippen LogP contribution in [0.3, 0.4) is 0 Å². The van der Waals surface area contributed by atoms with E-state index in [1.807, 2.05) is 49.6 Å². The van der Waals surface area contributed by atoms with Crippen molar-refractivity contribution in [3.63, 3.8) is 0 Å². The van der Waals surface area contributed by atoms with Gasteiger partial charge in [0.15, 0.2) is 0 Å². The molecule has 0 unspecified atom stereocenters. The molecule has 202 valence electrons. The molecular weight excluding hydrogens is 498 g/mol. The maximum absolute atomic E-state index is 13.3. The summed E-state index contributed by atoms with van der Waals surface area (Å²) >= 11 is 1.48. The lowest BCUT2D eigenvalue weighted by Crippen LogP contribution is -2.16. The van der Waals surface area contributed by atoms with Gasteiger partial charge in [-0.2, -0.15) is 0 Å². The summed E-state index contributed by atoms with van der Waals surface area (Å²) in [5, 5.41) is 3.05. The Bertz CT molecular complexity index is 1540. The monoisotopic (exact) mass is 535 g/mol. The van der Waals surface area contributed by atoms with E-state index in [9.17, 15) is 9.59 Å². The second-order valence-electron chi connectivity index (χ2n) is 9.04. The van der Waals surface area contributed by atoms with Crippen LogP contribution < -0.4 is 11.0 Å². The van der Waals surface area contributed by atoms with E-state index in [0.29, 0.717) is 42.6 Å². The number of anilines is 1. The number of thiophene rings is 1. The van der Waals surface area contributed by atoms with E-state index < -0.39 is 0 Å². The lowest BCUT2D eigenvalue weighted by molar-refractivity contribution is 0.102. The normalized spacial score (nSPS) is 12.0. The second-order valence-corrected chi connectivity index (χ2v) is 10.1. The zero-order valence-electron chi connectivity index (χ0n) is 22.9. The van der Waals surface area contributed by atoms with Gasteiger partial charge in [-0.05, 0) is 69.9 Å². The van der Waals surface area contributed by atoms with Crippen LogP contribution in [0.25, 0.3) is 27.6 Å². The van der Waals surface area contributed by atoms with Gasteiger partial charge in [-0.1, -0.05) is 31.6 Å². The van der Waals surface area contributed by atoms with Crippen molar-refractivity contribution in [1.82, 2.24) is 19.1 Å². The molecule has 0 fully saturated rings. The van der Waals surface area contributed by atoms with Gasteiger partial charge in [0.2, 0.25) is 5.95 Å². The van der Waals surface area contributed by atoms with Crippen LogP contribution in [0, 0.1) is 0 Å². The highest BCUT2D eigenvalue weighted by Crippen LogP contribution is 2.29. The molecule has 0 saturated heterocycles. The minimum Gasteiger partial charge on any atom is -0.382 e. The smallest absolute Gasteiger partial charge is 0.326 e. The van der Waals surface area contributed by atoms with Gasteiger partial charge in [0.25, 0.3) is 5.91 Å². The maximum atomic E-state index is 13.3. The number of nitrogens with one attached hydrogen (secondary N) is 2. The minimum atomic E-state index is -0.190. The predicted octanol–water partition coefficient (Wildman–Crippen LogP) is 6.59. The van der Waals surface area contributed by atoms with E-state index in [4.69, 9.17) is 9.72 Å². The Balaban J connectivity index is 1.67. The van der Waals surface area contributed by atoms with Crippen molar-refractivity contribution >= 4 is 50.8 Å². The quantitative estimate of drug-likeness (QED) is 0.158. The molecule has 0 aliphatic carbocycles. The number of benzene rings is 1. The number of rotatable bonds is 12. The van der Waals surface area contributed by atoms with Crippen molar-refractivity contribution in [3.8, 4) is 0 Å². The molecule has 0 atom stereocenters. The van der Waals surface area contributed by atoms with Gasteiger partial charge in [0.05, 0.1) is 26.9 Å². The summed E-state index contributed by atoms with van der Waals surface area (Å²) in [6.07, 6.45) is 7.10. The first-order chi connectivity index (χ1) is 18.4. The third-order valence-electron chi connectivity index (χ3n) is 6.75. The summed E-state index contributed by atoms with van der Waals surface area (Å²) in [5.41, 5.74) is 5.51. The van der Waals surface area contributed by atoms with Crippen LogP contribution in [0.15, 0.2) is 46.8 Å². The van der Waals surface area contributed by atoms with Crippen molar-refractivity contribution in [2.24, 2.45) is 0 Å². The highest BCUT2D eigenvalue weighted by atomic mass is 32.1. The largest absolute Gasteiger partial charge is 0.382 e. The molecule has 0 aliphatic rings. The maximum Gasteiger partial charge on any atom is 0.326 e. The molecule has 1 aromatic carbocycles. The van der Waals surface area contributed by atoms with Gasteiger partial charge in [-0.25, -0.2) is 9.78 Å². The zero-order chi connectivity index (χ0) is 27.2. The number of nitrogens with zero attached hydrogens (tertiary/aromatic N) is 3. The van der Waals surface area contributed by atoms with Gasteiger partial charge >= 0.3 is 5.69 Å². The van der Waals surface area contributed by atoms with Crippen LogP contribution in [0.4, 0.5) is 5.95 Å². The molecule has 8 nitrogen and oxygen atoms in total. The Kier molecular flexibility index (Phi) is 9.01. The number of imidazole rings is 2. The summed E-state index contributed by atoms with van der Waals surface area (Å²) in [5.74, 6) is 0.296. The fourth-order valence-corrected chi connectivity index (χ4v) is 5.58. The molecule has 0 radical (unpaired) electrons. The first-order valence-corrected chi connectivity index (χ1v) is 14.2. The van der Waals surface area contributed by atoms with E-state index in [2.05, 4.69) is 36.3 Å². The Labute approximate surface area is 227 Å². The minimum absolute atomic E-state index is 0.139. The van der Waals surface area contributed by atoms with Crippen LogP contribution in [0.2, 0.25) is 0 Å². The van der Waals surface area contributed by atoms with E-state index in [1.165, 1.54) is 16.9 Å². The van der Waals surface area contributed by atoms with Crippen molar-refractivity contribution in [2.75, 3.05) is 18.5 Å². The molecule has 3 heterocycles. The number of carbonyl (C=O) groups excluding carboxylic acids is 1. The molecule has 1 amide bonds. The van der Waals surface area contributed by atoms with Crippen molar-refractivity contribution in [2.45, 2.75) is 67.0 Å². The molecule has 0 spiro atoms. The highest BCUT2D eigenvalue weighted by Gasteiger charge is 2.18. The predicted molar refractivity (Wildman–Crippen MR) is 157 cm³/mol. The second kappa shape index (κ2) is 12.4. The molecule has 0 bridgehead atoms. The molecule has 4 aromatic rings. The number of hydrogen-bond donors (Lipinski definition) is 2. The summed E-state index contributed by atoms with van der Waals surface area (Å²) in [4.78, 5) is 35.0. The lowest BCUT2D eigenvalue weighted by Gasteiger charge is -2.10. The molecule has 2 N–H and O–H groups in total. The number of hydrogen-bond acceptors (Lipinski definition) is 5. The summed E-state index contributed by atoms with van der Waals surface area (Å²) < 4.78 is 9.25. The average Bonchev–Trinajstić information content (AvgIpc) is 3.61. The number of fused-ring (bicyclic) bond motifs is 2. The van der Waals surface area contributed by atoms with E-state index in [-0.39, 0.29) is 11.6 Å². The van der Waals surface area contributed by atoms with Gasteiger partial charge in [0.1, 0.15) is 0 Å². The third kappa shape index (κ3) is 5.68. The van der Waals surface area contributed by atoms with E-state index in [0.717, 1.165) is 46.3 Å². The lowest BCUT2D eigenvalue weighted by atomic mass is 10.1. The van der Waals surface area contributed by atoms with Crippen molar-refractivity contribution < 1.29 is 9.53 Å². The first-order valence-electron chi connectivity index (χ1n) is 13.4. The van der Waals surface area contributed by atoms with Gasteiger partial charge in [-0.3, -0.25) is 14.7 Å². The fraction of sp³-hybridized carbons (Fsp3) is 0.414. The summed E-state index contributed by atoms with van der Waals surface area (Å²) in [7, 11) is 0. The standard InChI is InChI=1S/C29H37N5O3S/c1-6-19(7-2)16-20(8-3)25-12-13-26(38-25)27(35)32-28-30-21-17-22-23(33(9-4)29(36)31-22)18-24(21)34(28)14-11-15-37-10-5/h8,12-13,16-18H,6-7,9-11,14-15H2,1-5H3,(H,31,36)(H,30,32,35)/b20-8+. The zero-order valence-corrected chi connectivity index (χ0v) is 23.7. The summed E-state index contributed by atoms with van der Waals surface area (Å²) in [6, 6.07) is 7.73. The fourth-order valence-electron chi connectivity index (χ4n) is 4.63. The Morgan fingerprint density at radius 2 is 1.87 bits per heavy atom. The molecule has 4 rings (SSSR count).